The lowest BCUT2D eigenvalue weighted by Gasteiger charge is -2.15. The van der Waals surface area contributed by atoms with Crippen molar-refractivity contribution in [2.24, 2.45) is 5.92 Å². The SMILES string of the molecule is O=C(NCC(c1ccco1)S(=O)(=O)c1cccs1)C1CC1. The van der Waals surface area contributed by atoms with Crippen LogP contribution in [-0.2, 0) is 14.6 Å². The predicted molar refractivity (Wildman–Crippen MR) is 78.7 cm³/mol. The van der Waals surface area contributed by atoms with Crippen LogP contribution in [0.4, 0.5) is 0 Å². The monoisotopic (exact) mass is 325 g/mol. The van der Waals surface area contributed by atoms with Gasteiger partial charge < -0.3 is 9.73 Å². The molecule has 0 bridgehead atoms. The molecule has 1 N–H and O–H groups in total. The van der Waals surface area contributed by atoms with Crippen molar-refractivity contribution in [2.75, 3.05) is 6.54 Å². The van der Waals surface area contributed by atoms with Gasteiger partial charge in [0.15, 0.2) is 9.84 Å². The molecule has 1 fully saturated rings. The third-order valence-electron chi connectivity index (χ3n) is 3.42. The average Bonchev–Trinajstić information content (AvgIpc) is 2.95. The summed E-state index contributed by atoms with van der Waals surface area (Å²) in [5.41, 5.74) is 0. The number of amides is 1. The molecule has 0 aliphatic heterocycles. The number of hydrogen-bond acceptors (Lipinski definition) is 5. The molecule has 0 saturated heterocycles. The summed E-state index contributed by atoms with van der Waals surface area (Å²) < 4.78 is 30.9. The Morgan fingerprint density at radius 3 is 2.76 bits per heavy atom. The molecule has 5 nitrogen and oxygen atoms in total. The van der Waals surface area contributed by atoms with E-state index >= 15 is 0 Å². The van der Waals surface area contributed by atoms with Gasteiger partial charge in [-0.25, -0.2) is 8.42 Å². The predicted octanol–water partition coefficient (Wildman–Crippen LogP) is 2.38. The Labute approximate surface area is 126 Å². The van der Waals surface area contributed by atoms with Gasteiger partial charge >= 0.3 is 0 Å². The van der Waals surface area contributed by atoms with Crippen LogP contribution in [0.5, 0.6) is 0 Å². The van der Waals surface area contributed by atoms with Crippen molar-refractivity contribution < 1.29 is 17.6 Å². The average molecular weight is 325 g/mol. The van der Waals surface area contributed by atoms with Crippen molar-refractivity contribution in [3.63, 3.8) is 0 Å². The highest BCUT2D eigenvalue weighted by Gasteiger charge is 2.35. The second-order valence-electron chi connectivity index (χ2n) is 5.00. The highest BCUT2D eigenvalue weighted by molar-refractivity contribution is 7.93. The molecular weight excluding hydrogens is 310 g/mol. The molecule has 0 spiro atoms. The molecule has 1 aliphatic rings. The molecule has 1 aliphatic carbocycles. The Bertz CT molecular complexity index is 700. The maximum Gasteiger partial charge on any atom is 0.223 e. The standard InChI is InChI=1S/C14H15NO4S2/c16-14(10-5-6-10)15-9-12(11-3-1-7-19-11)21(17,18)13-4-2-8-20-13/h1-4,7-8,10,12H,5-6,9H2,(H,15,16). The van der Waals surface area contributed by atoms with Gasteiger partial charge in [0.05, 0.1) is 6.26 Å². The molecule has 3 rings (SSSR count). The number of carbonyl (C=O) groups excluding carboxylic acids is 1. The summed E-state index contributed by atoms with van der Waals surface area (Å²) in [6, 6.07) is 6.53. The van der Waals surface area contributed by atoms with Crippen LogP contribution in [0.1, 0.15) is 23.9 Å². The largest absolute Gasteiger partial charge is 0.468 e. The van der Waals surface area contributed by atoms with Gasteiger partial charge in [0, 0.05) is 12.5 Å². The maximum atomic E-state index is 12.7. The fraction of sp³-hybridized carbons (Fsp3) is 0.357. The fourth-order valence-electron chi connectivity index (χ4n) is 2.09. The smallest absolute Gasteiger partial charge is 0.223 e. The molecular formula is C14H15NO4S2. The van der Waals surface area contributed by atoms with Gasteiger partial charge in [0.2, 0.25) is 5.91 Å². The Hall–Kier alpha value is -1.60. The summed E-state index contributed by atoms with van der Waals surface area (Å²) >= 11 is 1.17. The normalized spacial score (nSPS) is 16.6. The van der Waals surface area contributed by atoms with E-state index in [9.17, 15) is 13.2 Å². The van der Waals surface area contributed by atoms with E-state index in [1.807, 2.05) is 0 Å². The van der Waals surface area contributed by atoms with Gasteiger partial charge in [-0.2, -0.15) is 0 Å². The van der Waals surface area contributed by atoms with Crippen molar-refractivity contribution in [1.82, 2.24) is 5.32 Å². The van der Waals surface area contributed by atoms with Gasteiger partial charge in [-0.15, -0.1) is 11.3 Å². The molecule has 2 heterocycles. The van der Waals surface area contributed by atoms with Crippen molar-refractivity contribution in [3.8, 4) is 0 Å². The number of carbonyl (C=O) groups is 1. The van der Waals surface area contributed by atoms with Gasteiger partial charge in [-0.3, -0.25) is 4.79 Å². The molecule has 112 valence electrons. The fourth-order valence-corrected chi connectivity index (χ4v) is 4.88. The molecule has 21 heavy (non-hydrogen) atoms. The van der Waals surface area contributed by atoms with E-state index in [0.29, 0.717) is 5.76 Å². The zero-order chi connectivity index (χ0) is 14.9. The zero-order valence-electron chi connectivity index (χ0n) is 11.2. The lowest BCUT2D eigenvalue weighted by molar-refractivity contribution is -0.122. The van der Waals surface area contributed by atoms with Crippen molar-refractivity contribution >= 4 is 27.1 Å². The minimum Gasteiger partial charge on any atom is -0.468 e. The molecule has 0 aromatic carbocycles. The Morgan fingerprint density at radius 2 is 2.19 bits per heavy atom. The van der Waals surface area contributed by atoms with Crippen molar-refractivity contribution in [2.45, 2.75) is 22.3 Å². The highest BCUT2D eigenvalue weighted by atomic mass is 32.2. The summed E-state index contributed by atoms with van der Waals surface area (Å²) in [6.07, 6.45) is 3.21. The van der Waals surface area contributed by atoms with Crippen LogP contribution in [0.25, 0.3) is 0 Å². The lowest BCUT2D eigenvalue weighted by atomic mass is 10.3. The second-order valence-corrected chi connectivity index (χ2v) is 8.31. The lowest BCUT2D eigenvalue weighted by Crippen LogP contribution is -2.32. The zero-order valence-corrected chi connectivity index (χ0v) is 12.8. The number of thiophene rings is 1. The molecule has 2 aromatic heterocycles. The number of hydrogen-bond donors (Lipinski definition) is 1. The molecule has 0 radical (unpaired) electrons. The molecule has 7 heteroatoms. The first-order valence-corrected chi connectivity index (χ1v) is 9.10. The molecule has 1 saturated carbocycles. The quantitative estimate of drug-likeness (QED) is 0.884. The van der Waals surface area contributed by atoms with Crippen molar-refractivity contribution in [1.29, 1.82) is 0 Å². The molecule has 1 atom stereocenters. The van der Waals surface area contributed by atoms with Gasteiger partial charge in [-0.05, 0) is 36.4 Å². The van der Waals surface area contributed by atoms with Crippen LogP contribution in [0, 0.1) is 5.92 Å². The topological polar surface area (TPSA) is 76.4 Å². The highest BCUT2D eigenvalue weighted by Crippen LogP contribution is 2.32. The minimum atomic E-state index is -3.57. The second kappa shape index (κ2) is 5.65. The van der Waals surface area contributed by atoms with Crippen LogP contribution in [0.15, 0.2) is 44.5 Å². The van der Waals surface area contributed by atoms with E-state index in [4.69, 9.17) is 4.42 Å². The van der Waals surface area contributed by atoms with E-state index in [1.54, 1.807) is 29.6 Å². The molecule has 1 unspecified atom stereocenters. The van der Waals surface area contributed by atoms with E-state index < -0.39 is 15.1 Å². The summed E-state index contributed by atoms with van der Waals surface area (Å²) in [5.74, 6) is 0.319. The maximum absolute atomic E-state index is 12.7. The number of nitrogens with one attached hydrogen (secondary N) is 1. The van der Waals surface area contributed by atoms with Gasteiger partial charge in [0.1, 0.15) is 15.2 Å². The van der Waals surface area contributed by atoms with Crippen LogP contribution in [0.2, 0.25) is 0 Å². The Kier molecular flexibility index (Phi) is 3.86. The Balaban J connectivity index is 1.84. The summed E-state index contributed by atoms with van der Waals surface area (Å²) in [6.45, 7) is 0.0308. The first-order valence-electron chi connectivity index (χ1n) is 6.67. The van der Waals surface area contributed by atoms with Crippen molar-refractivity contribution in [3.05, 3.63) is 41.7 Å². The van der Waals surface area contributed by atoms with Gasteiger partial charge in [-0.1, -0.05) is 6.07 Å². The van der Waals surface area contributed by atoms with E-state index in [0.717, 1.165) is 12.8 Å². The number of rotatable bonds is 6. The first kappa shape index (κ1) is 14.3. The first-order chi connectivity index (χ1) is 10.1. The third kappa shape index (κ3) is 3.03. The molecule has 2 aromatic rings. The number of furan rings is 1. The van der Waals surface area contributed by atoms with Crippen LogP contribution >= 0.6 is 11.3 Å². The minimum absolute atomic E-state index is 0.0308. The third-order valence-corrected chi connectivity index (χ3v) is 6.91. The van der Waals surface area contributed by atoms with Gasteiger partial charge in [0.25, 0.3) is 0 Å². The summed E-state index contributed by atoms with van der Waals surface area (Å²) in [4.78, 5) is 11.8. The molecule has 1 amide bonds. The summed E-state index contributed by atoms with van der Waals surface area (Å²) in [7, 11) is -3.57. The van der Waals surface area contributed by atoms with E-state index in [2.05, 4.69) is 5.32 Å². The number of sulfone groups is 1. The Morgan fingerprint density at radius 1 is 1.38 bits per heavy atom. The van der Waals surface area contributed by atoms with Crippen LogP contribution in [-0.4, -0.2) is 20.9 Å². The van der Waals surface area contributed by atoms with E-state index in [-0.39, 0.29) is 22.6 Å². The summed E-state index contributed by atoms with van der Waals surface area (Å²) in [5, 5.41) is 3.55. The van der Waals surface area contributed by atoms with Crippen LogP contribution < -0.4 is 5.32 Å². The van der Waals surface area contributed by atoms with E-state index in [1.165, 1.54) is 17.6 Å². The van der Waals surface area contributed by atoms with Crippen LogP contribution in [0.3, 0.4) is 0 Å².